The zero-order valence-electron chi connectivity index (χ0n) is 16.9. The smallest absolute Gasteiger partial charge is 0.320 e. The zero-order valence-corrected chi connectivity index (χ0v) is 16.9. The van der Waals surface area contributed by atoms with Gasteiger partial charge in [0.15, 0.2) is 0 Å². The van der Waals surface area contributed by atoms with Crippen LogP contribution in [0, 0.1) is 6.92 Å². The van der Waals surface area contributed by atoms with Crippen LogP contribution in [0.4, 0.5) is 5.69 Å². The molecule has 4 rings (SSSR count). The third-order valence-electron chi connectivity index (χ3n) is 4.73. The van der Waals surface area contributed by atoms with Crippen molar-refractivity contribution in [2.45, 2.75) is 13.5 Å². The van der Waals surface area contributed by atoms with Gasteiger partial charge in [-0.25, -0.2) is 4.79 Å². The van der Waals surface area contributed by atoms with Gasteiger partial charge in [0.2, 0.25) is 5.69 Å². The van der Waals surface area contributed by atoms with E-state index in [1.165, 1.54) is 0 Å². The lowest BCUT2D eigenvalue weighted by molar-refractivity contribution is 0.101. The van der Waals surface area contributed by atoms with Crippen molar-refractivity contribution in [2.24, 2.45) is 0 Å². The maximum absolute atomic E-state index is 13.1. The van der Waals surface area contributed by atoms with Crippen molar-refractivity contribution >= 4 is 11.6 Å². The van der Waals surface area contributed by atoms with E-state index in [-0.39, 0.29) is 12.2 Å². The number of rotatable bonds is 5. The summed E-state index contributed by atoms with van der Waals surface area (Å²) in [6, 6.07) is 25.0. The van der Waals surface area contributed by atoms with E-state index in [9.17, 15) is 14.4 Å². The maximum atomic E-state index is 13.1. The van der Waals surface area contributed by atoms with Crippen LogP contribution >= 0.6 is 0 Å². The highest BCUT2D eigenvalue weighted by Crippen LogP contribution is 2.08. The van der Waals surface area contributed by atoms with E-state index in [1.807, 2.05) is 37.3 Å². The highest BCUT2D eigenvalue weighted by atomic mass is 16.2. The van der Waals surface area contributed by atoms with E-state index in [0.29, 0.717) is 11.4 Å². The number of hydrogen-bond acceptors (Lipinski definition) is 4. The second-order valence-electron chi connectivity index (χ2n) is 7.08. The Morgan fingerprint density at radius 2 is 1.58 bits per heavy atom. The fraction of sp³-hybridized carbons (Fsp3) is 0.0833. The van der Waals surface area contributed by atoms with Crippen LogP contribution < -0.4 is 16.6 Å². The lowest BCUT2D eigenvalue weighted by atomic mass is 10.1. The Hall–Kier alpha value is -4.26. The van der Waals surface area contributed by atoms with Crippen LogP contribution in [-0.4, -0.2) is 20.3 Å². The summed E-state index contributed by atoms with van der Waals surface area (Å²) in [5.74, 6) is -0.682. The third-order valence-corrected chi connectivity index (χ3v) is 4.73. The van der Waals surface area contributed by atoms with Crippen LogP contribution in [0.15, 0.2) is 94.5 Å². The number of anilines is 1. The van der Waals surface area contributed by atoms with Gasteiger partial charge in [-0.05, 0) is 36.8 Å². The molecule has 0 aliphatic carbocycles. The van der Waals surface area contributed by atoms with Gasteiger partial charge in [0.25, 0.3) is 11.5 Å². The molecule has 1 heterocycles. The molecular formula is C24H20N4O3. The predicted octanol–water partition coefficient (Wildman–Crippen LogP) is 3.00. The minimum atomic E-state index is -0.743. The topological polar surface area (TPSA) is 86.0 Å². The minimum absolute atomic E-state index is 0.0281. The van der Waals surface area contributed by atoms with E-state index in [2.05, 4.69) is 10.4 Å². The van der Waals surface area contributed by atoms with Gasteiger partial charge in [0, 0.05) is 5.69 Å². The largest absolute Gasteiger partial charge is 0.352 e. The monoisotopic (exact) mass is 412 g/mol. The van der Waals surface area contributed by atoms with Crippen LogP contribution in [0.2, 0.25) is 0 Å². The summed E-state index contributed by atoms with van der Waals surface area (Å²) >= 11 is 0. The molecule has 0 radical (unpaired) electrons. The number of nitrogens with zero attached hydrogens (tertiary/aromatic N) is 3. The summed E-state index contributed by atoms with van der Waals surface area (Å²) in [5.41, 5.74) is 1.04. The molecule has 7 nitrogen and oxygen atoms in total. The standard InChI is InChI=1S/C24H20N4O3/c1-17-9-8-10-18(15-17)16-27-23(30)21(22(29)25-19-11-4-2-5-12-19)26-28(24(27)31)20-13-6-3-7-14-20/h2-15H,16H2,1H3,(H,25,29). The average molecular weight is 412 g/mol. The number of aryl methyl sites for hydroxylation is 1. The predicted molar refractivity (Wildman–Crippen MR) is 119 cm³/mol. The molecule has 154 valence electrons. The van der Waals surface area contributed by atoms with Crippen LogP contribution in [0.1, 0.15) is 21.6 Å². The maximum Gasteiger partial charge on any atom is 0.352 e. The third kappa shape index (κ3) is 4.35. The van der Waals surface area contributed by atoms with Crippen molar-refractivity contribution < 1.29 is 4.79 Å². The summed E-state index contributed by atoms with van der Waals surface area (Å²) in [7, 11) is 0. The van der Waals surface area contributed by atoms with Crippen molar-refractivity contribution in [3.63, 3.8) is 0 Å². The fourth-order valence-electron chi connectivity index (χ4n) is 3.24. The molecule has 0 aliphatic heterocycles. The highest BCUT2D eigenvalue weighted by molar-refractivity contribution is 6.02. The molecule has 1 amide bonds. The van der Waals surface area contributed by atoms with Crippen molar-refractivity contribution in [1.82, 2.24) is 14.3 Å². The Morgan fingerprint density at radius 1 is 0.903 bits per heavy atom. The Labute approximate surface area is 178 Å². The van der Waals surface area contributed by atoms with E-state index in [0.717, 1.165) is 20.4 Å². The Bertz CT molecular complexity index is 1340. The molecule has 0 bridgehead atoms. The van der Waals surface area contributed by atoms with E-state index in [1.54, 1.807) is 54.6 Å². The number of carbonyl (C=O) groups is 1. The Balaban J connectivity index is 1.85. The number of para-hydroxylation sites is 2. The van der Waals surface area contributed by atoms with Crippen molar-refractivity contribution in [1.29, 1.82) is 0 Å². The van der Waals surface area contributed by atoms with E-state index in [4.69, 9.17) is 0 Å². The molecule has 0 aliphatic rings. The summed E-state index contributed by atoms with van der Waals surface area (Å²) in [6.45, 7) is 1.96. The molecule has 1 aromatic heterocycles. The number of benzene rings is 3. The van der Waals surface area contributed by atoms with Gasteiger partial charge in [0.05, 0.1) is 12.2 Å². The first-order valence-corrected chi connectivity index (χ1v) is 9.74. The van der Waals surface area contributed by atoms with Crippen LogP contribution in [-0.2, 0) is 6.54 Å². The number of carbonyl (C=O) groups excluding carboxylic acids is 1. The van der Waals surface area contributed by atoms with Gasteiger partial charge >= 0.3 is 5.69 Å². The first kappa shape index (κ1) is 20.0. The molecular weight excluding hydrogens is 392 g/mol. The molecule has 0 saturated carbocycles. The lowest BCUT2D eigenvalue weighted by Crippen LogP contribution is -2.45. The summed E-state index contributed by atoms with van der Waals surface area (Å²) in [5, 5.41) is 6.78. The number of amides is 1. The number of aromatic nitrogens is 3. The molecule has 1 N–H and O–H groups in total. The van der Waals surface area contributed by atoms with Crippen LogP contribution in [0.3, 0.4) is 0 Å². The zero-order chi connectivity index (χ0) is 21.8. The van der Waals surface area contributed by atoms with E-state index < -0.39 is 17.2 Å². The SMILES string of the molecule is Cc1cccc(Cn2c(=O)c(C(=O)Nc3ccccc3)nn(-c3ccccc3)c2=O)c1. The van der Waals surface area contributed by atoms with Crippen molar-refractivity contribution in [3.05, 3.63) is 123 Å². The van der Waals surface area contributed by atoms with Crippen molar-refractivity contribution in [2.75, 3.05) is 5.32 Å². The van der Waals surface area contributed by atoms with Gasteiger partial charge < -0.3 is 5.32 Å². The average Bonchev–Trinajstić information content (AvgIpc) is 2.78. The minimum Gasteiger partial charge on any atom is -0.320 e. The fourth-order valence-corrected chi connectivity index (χ4v) is 3.24. The number of nitrogens with one attached hydrogen (secondary N) is 1. The Morgan fingerprint density at radius 3 is 2.26 bits per heavy atom. The highest BCUT2D eigenvalue weighted by Gasteiger charge is 2.20. The quantitative estimate of drug-likeness (QED) is 0.546. The second kappa shape index (κ2) is 8.62. The summed E-state index contributed by atoms with van der Waals surface area (Å²) < 4.78 is 2.12. The second-order valence-corrected chi connectivity index (χ2v) is 7.08. The molecule has 0 saturated heterocycles. The molecule has 0 fully saturated rings. The normalized spacial score (nSPS) is 10.6. The summed E-state index contributed by atoms with van der Waals surface area (Å²) in [4.78, 5) is 39.2. The van der Waals surface area contributed by atoms with Crippen LogP contribution in [0.25, 0.3) is 5.69 Å². The Kier molecular flexibility index (Phi) is 5.57. The lowest BCUT2D eigenvalue weighted by Gasteiger charge is -2.12. The van der Waals surface area contributed by atoms with Gasteiger partial charge in [-0.2, -0.15) is 9.78 Å². The first-order chi connectivity index (χ1) is 15.0. The molecule has 0 unspecified atom stereocenters. The molecule has 3 aromatic carbocycles. The van der Waals surface area contributed by atoms with Gasteiger partial charge in [-0.3, -0.25) is 14.2 Å². The molecule has 0 spiro atoms. The van der Waals surface area contributed by atoms with E-state index >= 15 is 0 Å². The molecule has 7 heteroatoms. The molecule has 0 atom stereocenters. The molecule has 4 aromatic rings. The van der Waals surface area contributed by atoms with Gasteiger partial charge in [-0.1, -0.05) is 66.2 Å². The van der Waals surface area contributed by atoms with Crippen molar-refractivity contribution in [3.8, 4) is 5.69 Å². The van der Waals surface area contributed by atoms with Gasteiger partial charge in [-0.15, -0.1) is 0 Å². The van der Waals surface area contributed by atoms with Crippen LogP contribution in [0.5, 0.6) is 0 Å². The molecule has 31 heavy (non-hydrogen) atoms. The van der Waals surface area contributed by atoms with Gasteiger partial charge in [0.1, 0.15) is 0 Å². The number of hydrogen-bond donors (Lipinski definition) is 1. The first-order valence-electron chi connectivity index (χ1n) is 9.74. The summed E-state index contributed by atoms with van der Waals surface area (Å²) in [6.07, 6.45) is 0.